The van der Waals surface area contributed by atoms with Crippen LogP contribution in [0.4, 0.5) is 4.79 Å². The Bertz CT molecular complexity index is 834. The maximum absolute atomic E-state index is 13.3. The van der Waals surface area contributed by atoms with Crippen molar-refractivity contribution in [3.05, 3.63) is 0 Å². The summed E-state index contributed by atoms with van der Waals surface area (Å²) in [6.07, 6.45) is -0.0461. The average molecular weight is 493 g/mol. The van der Waals surface area contributed by atoms with E-state index in [9.17, 15) is 14.4 Å². The van der Waals surface area contributed by atoms with E-state index in [2.05, 4.69) is 39.9 Å². The standard InChI is InChI=1S/C24H40BN3O7/c1-14(2)10-19(25-34-18-12-15-11-17(23(15,3)4)24(18,5)35-25)27-21(30)16(33-22(26)31)13-20(29)28-6-8-32-9-7-28/h14-19H,6-13H2,1-5H3,(H2,26,31)(H,27,30)/t15-,16?,17-,18+,19?,24-/m0/s1. The molecule has 35 heavy (non-hydrogen) atoms. The fourth-order valence-corrected chi connectivity index (χ4v) is 6.52. The van der Waals surface area contributed by atoms with Crippen molar-refractivity contribution in [2.75, 3.05) is 26.3 Å². The van der Waals surface area contributed by atoms with Gasteiger partial charge in [0.25, 0.3) is 5.91 Å². The molecule has 2 unspecified atom stereocenters. The van der Waals surface area contributed by atoms with Gasteiger partial charge in [-0.2, -0.15) is 0 Å². The molecule has 5 fully saturated rings. The average Bonchev–Trinajstić information content (AvgIpc) is 3.15. The van der Waals surface area contributed by atoms with Gasteiger partial charge in [-0.15, -0.1) is 0 Å². The van der Waals surface area contributed by atoms with E-state index in [4.69, 9.17) is 24.5 Å². The fourth-order valence-electron chi connectivity index (χ4n) is 6.52. The molecule has 10 nitrogen and oxygen atoms in total. The van der Waals surface area contributed by atoms with Crippen molar-refractivity contribution < 1.29 is 33.2 Å². The molecule has 3 aliphatic carbocycles. The Morgan fingerprint density at radius 1 is 1.17 bits per heavy atom. The van der Waals surface area contributed by atoms with Gasteiger partial charge in [-0.05, 0) is 49.4 Å². The van der Waals surface area contributed by atoms with E-state index < -0.39 is 36.8 Å². The third-order valence-corrected chi connectivity index (χ3v) is 8.62. The van der Waals surface area contributed by atoms with Gasteiger partial charge in [0.05, 0.1) is 37.3 Å². The molecular weight excluding hydrogens is 453 g/mol. The molecule has 6 atom stereocenters. The third-order valence-electron chi connectivity index (χ3n) is 8.62. The predicted molar refractivity (Wildman–Crippen MR) is 128 cm³/mol. The van der Waals surface area contributed by atoms with Gasteiger partial charge in [0.15, 0.2) is 6.10 Å². The monoisotopic (exact) mass is 493 g/mol. The number of hydrogen-bond donors (Lipinski definition) is 2. The van der Waals surface area contributed by atoms with E-state index in [0.717, 1.165) is 12.8 Å². The topological polar surface area (TPSA) is 129 Å². The Hall–Kier alpha value is -1.85. The first-order chi connectivity index (χ1) is 16.4. The number of carbonyl (C=O) groups is 3. The van der Waals surface area contributed by atoms with Crippen molar-refractivity contribution in [3.8, 4) is 0 Å². The number of amides is 3. The highest BCUT2D eigenvalue weighted by atomic mass is 16.7. The molecule has 2 bridgehead atoms. The van der Waals surface area contributed by atoms with Gasteiger partial charge in [-0.25, -0.2) is 4.79 Å². The molecular formula is C24H40BN3O7. The lowest BCUT2D eigenvalue weighted by molar-refractivity contribution is -0.199. The normalized spacial score (nSPS) is 32.9. The molecule has 3 saturated carbocycles. The second-order valence-corrected chi connectivity index (χ2v) is 11.7. The quantitative estimate of drug-likeness (QED) is 0.490. The van der Waals surface area contributed by atoms with Crippen LogP contribution in [0.3, 0.4) is 0 Å². The number of hydrogen-bond acceptors (Lipinski definition) is 7. The summed E-state index contributed by atoms with van der Waals surface area (Å²) in [5, 5.41) is 2.96. The number of nitrogens with one attached hydrogen (secondary N) is 1. The number of ether oxygens (including phenoxy) is 2. The molecule has 5 rings (SSSR count). The maximum atomic E-state index is 13.3. The van der Waals surface area contributed by atoms with Gasteiger partial charge < -0.3 is 34.7 Å². The molecule has 2 heterocycles. The van der Waals surface area contributed by atoms with Crippen LogP contribution in [-0.2, 0) is 28.4 Å². The number of nitrogens with zero attached hydrogens (tertiary/aromatic N) is 1. The van der Waals surface area contributed by atoms with Crippen LogP contribution in [0.15, 0.2) is 0 Å². The molecule has 3 N–H and O–H groups in total. The minimum absolute atomic E-state index is 0.0172. The number of primary amides is 1. The molecule has 11 heteroatoms. The zero-order valence-electron chi connectivity index (χ0n) is 21.6. The Labute approximate surface area is 208 Å². The van der Waals surface area contributed by atoms with Crippen molar-refractivity contribution >= 4 is 25.0 Å². The number of morpholine rings is 1. The Morgan fingerprint density at radius 2 is 1.86 bits per heavy atom. The molecule has 2 aliphatic heterocycles. The van der Waals surface area contributed by atoms with Gasteiger partial charge in [-0.1, -0.05) is 27.7 Å². The van der Waals surface area contributed by atoms with Crippen LogP contribution in [0.2, 0.25) is 0 Å². The van der Waals surface area contributed by atoms with Crippen LogP contribution >= 0.6 is 0 Å². The maximum Gasteiger partial charge on any atom is 0.481 e. The second-order valence-electron chi connectivity index (χ2n) is 11.7. The van der Waals surface area contributed by atoms with Gasteiger partial charge in [0, 0.05) is 13.1 Å². The van der Waals surface area contributed by atoms with E-state index >= 15 is 0 Å². The summed E-state index contributed by atoms with van der Waals surface area (Å²) in [7, 11) is -0.615. The highest BCUT2D eigenvalue weighted by molar-refractivity contribution is 6.47. The summed E-state index contributed by atoms with van der Waals surface area (Å²) in [6, 6.07) is 0. The zero-order valence-corrected chi connectivity index (χ0v) is 21.6. The molecule has 2 saturated heterocycles. The predicted octanol–water partition coefficient (Wildman–Crippen LogP) is 1.50. The minimum atomic E-state index is -1.33. The van der Waals surface area contributed by atoms with Crippen LogP contribution in [-0.4, -0.2) is 80.0 Å². The van der Waals surface area contributed by atoms with Crippen LogP contribution < -0.4 is 11.1 Å². The van der Waals surface area contributed by atoms with E-state index in [1.807, 2.05) is 0 Å². The molecule has 0 aromatic rings. The highest BCUT2D eigenvalue weighted by Gasteiger charge is 2.68. The molecule has 0 radical (unpaired) electrons. The SMILES string of the molecule is CC(C)CC(NC(=O)C(CC(=O)N1CCOCC1)OC(N)=O)B1O[C@@H]2C[C@@H]3C[C@@H](C3(C)C)[C@]2(C)O1. The largest absolute Gasteiger partial charge is 0.481 e. The summed E-state index contributed by atoms with van der Waals surface area (Å²) in [5.74, 6) is -0.0555. The van der Waals surface area contributed by atoms with Crippen molar-refractivity contribution in [3.63, 3.8) is 0 Å². The van der Waals surface area contributed by atoms with Crippen LogP contribution in [0.25, 0.3) is 0 Å². The van der Waals surface area contributed by atoms with Gasteiger partial charge >= 0.3 is 13.2 Å². The molecule has 0 aromatic carbocycles. The zero-order chi connectivity index (χ0) is 25.5. The van der Waals surface area contributed by atoms with Crippen molar-refractivity contribution in [1.29, 1.82) is 0 Å². The lowest BCUT2D eigenvalue weighted by Gasteiger charge is -2.64. The lowest BCUT2D eigenvalue weighted by Crippen LogP contribution is -2.65. The van der Waals surface area contributed by atoms with E-state index in [1.54, 1.807) is 4.90 Å². The van der Waals surface area contributed by atoms with Crippen molar-refractivity contribution in [1.82, 2.24) is 10.2 Å². The summed E-state index contributed by atoms with van der Waals surface area (Å²) in [4.78, 5) is 39.1. The molecule has 0 aromatic heterocycles. The first-order valence-corrected chi connectivity index (χ1v) is 12.9. The first-order valence-electron chi connectivity index (χ1n) is 12.9. The smallest absolute Gasteiger partial charge is 0.436 e. The van der Waals surface area contributed by atoms with Crippen molar-refractivity contribution in [2.24, 2.45) is 28.9 Å². The van der Waals surface area contributed by atoms with E-state index in [0.29, 0.717) is 44.6 Å². The minimum Gasteiger partial charge on any atom is -0.436 e. The Balaban J connectivity index is 1.45. The summed E-state index contributed by atoms with van der Waals surface area (Å²) in [6.45, 7) is 12.6. The van der Waals surface area contributed by atoms with Crippen LogP contribution in [0.1, 0.15) is 60.3 Å². The molecule has 3 amide bonds. The van der Waals surface area contributed by atoms with E-state index in [-0.39, 0.29) is 29.8 Å². The highest BCUT2D eigenvalue weighted by Crippen LogP contribution is 2.65. The van der Waals surface area contributed by atoms with E-state index in [1.165, 1.54) is 0 Å². The third kappa shape index (κ3) is 5.18. The van der Waals surface area contributed by atoms with Crippen molar-refractivity contribution in [2.45, 2.75) is 84.1 Å². The second kappa shape index (κ2) is 9.90. The number of rotatable bonds is 8. The van der Waals surface area contributed by atoms with Gasteiger partial charge in [0.2, 0.25) is 5.91 Å². The first kappa shape index (κ1) is 26.2. The fraction of sp³-hybridized carbons (Fsp3) is 0.875. The summed E-state index contributed by atoms with van der Waals surface area (Å²) < 4.78 is 23.3. The molecule has 5 aliphatic rings. The Morgan fingerprint density at radius 3 is 2.46 bits per heavy atom. The van der Waals surface area contributed by atoms with Gasteiger partial charge in [0.1, 0.15) is 0 Å². The lowest BCUT2D eigenvalue weighted by atomic mass is 9.43. The molecule has 0 spiro atoms. The van der Waals surface area contributed by atoms with Gasteiger partial charge in [-0.3, -0.25) is 9.59 Å². The van der Waals surface area contributed by atoms with Crippen LogP contribution in [0, 0.1) is 23.2 Å². The number of nitrogens with two attached hydrogens (primary N) is 1. The Kier molecular flexibility index (Phi) is 7.42. The van der Waals surface area contributed by atoms with Crippen LogP contribution in [0.5, 0.6) is 0 Å². The molecule has 196 valence electrons. The summed E-state index contributed by atoms with van der Waals surface area (Å²) >= 11 is 0. The number of carbonyl (C=O) groups excluding carboxylic acids is 3. The summed E-state index contributed by atoms with van der Waals surface area (Å²) in [5.41, 5.74) is 5.03.